The van der Waals surface area contributed by atoms with Crippen molar-refractivity contribution in [2.75, 3.05) is 23.4 Å². The Bertz CT molecular complexity index is 340. The Morgan fingerprint density at radius 3 is 3.25 bits per heavy atom. The van der Waals surface area contributed by atoms with E-state index < -0.39 is 0 Å². The van der Waals surface area contributed by atoms with Crippen LogP contribution < -0.4 is 16.2 Å². The van der Waals surface area contributed by atoms with Gasteiger partial charge in [-0.1, -0.05) is 13.3 Å². The number of pyridine rings is 1. The Labute approximate surface area is 96.8 Å². The first-order valence-electron chi connectivity index (χ1n) is 6.01. The van der Waals surface area contributed by atoms with E-state index in [0.29, 0.717) is 0 Å². The van der Waals surface area contributed by atoms with Gasteiger partial charge in [-0.2, -0.15) is 0 Å². The summed E-state index contributed by atoms with van der Waals surface area (Å²) in [6.07, 6.45) is 5.72. The zero-order valence-electron chi connectivity index (χ0n) is 9.82. The average molecular weight is 220 g/mol. The molecule has 1 aliphatic rings. The molecule has 1 aromatic heterocycles. The van der Waals surface area contributed by atoms with Crippen molar-refractivity contribution < 1.29 is 0 Å². The third kappa shape index (κ3) is 2.44. The van der Waals surface area contributed by atoms with Crippen LogP contribution in [0.1, 0.15) is 26.2 Å². The Morgan fingerprint density at radius 1 is 1.62 bits per heavy atom. The lowest BCUT2D eigenvalue weighted by atomic mass is 9.95. The van der Waals surface area contributed by atoms with Gasteiger partial charge in [0.15, 0.2) is 0 Å². The lowest BCUT2D eigenvalue weighted by molar-refractivity contribution is 0.404. The van der Waals surface area contributed by atoms with Crippen LogP contribution in [0.4, 0.5) is 11.5 Å². The van der Waals surface area contributed by atoms with Crippen LogP contribution in [0.15, 0.2) is 18.3 Å². The normalized spacial score (nSPS) is 20.9. The van der Waals surface area contributed by atoms with Gasteiger partial charge in [-0.15, -0.1) is 0 Å². The number of piperidine rings is 1. The second kappa shape index (κ2) is 5.16. The molecule has 1 unspecified atom stereocenters. The number of nitrogens with zero attached hydrogens (tertiary/aromatic N) is 2. The number of nitrogens with two attached hydrogens (primary N) is 1. The first-order chi connectivity index (χ1) is 7.83. The van der Waals surface area contributed by atoms with Crippen LogP contribution in [0.5, 0.6) is 0 Å². The van der Waals surface area contributed by atoms with Crippen molar-refractivity contribution >= 4 is 11.5 Å². The number of hydrogen-bond donors (Lipinski definition) is 2. The van der Waals surface area contributed by atoms with Crippen LogP contribution in [-0.2, 0) is 0 Å². The smallest absolute Gasteiger partial charge is 0.141 e. The fourth-order valence-electron chi connectivity index (χ4n) is 2.33. The topological polar surface area (TPSA) is 54.2 Å². The van der Waals surface area contributed by atoms with Crippen molar-refractivity contribution in [1.82, 2.24) is 4.98 Å². The van der Waals surface area contributed by atoms with Gasteiger partial charge in [-0.25, -0.2) is 10.8 Å². The summed E-state index contributed by atoms with van der Waals surface area (Å²) in [5.41, 5.74) is 3.82. The van der Waals surface area contributed by atoms with Crippen molar-refractivity contribution in [2.24, 2.45) is 11.8 Å². The third-order valence-electron chi connectivity index (χ3n) is 3.35. The first-order valence-corrected chi connectivity index (χ1v) is 6.01. The fourth-order valence-corrected chi connectivity index (χ4v) is 2.33. The maximum absolute atomic E-state index is 5.37. The lowest BCUT2D eigenvalue weighted by Gasteiger charge is -2.34. The summed E-state index contributed by atoms with van der Waals surface area (Å²) >= 11 is 0. The molecule has 0 bridgehead atoms. The van der Waals surface area contributed by atoms with Gasteiger partial charge in [0.25, 0.3) is 0 Å². The molecule has 1 aromatic rings. The molecular weight excluding hydrogens is 200 g/mol. The second-order valence-corrected chi connectivity index (χ2v) is 4.41. The van der Waals surface area contributed by atoms with Gasteiger partial charge in [0, 0.05) is 31.0 Å². The van der Waals surface area contributed by atoms with E-state index in [0.717, 1.165) is 24.8 Å². The molecule has 0 aliphatic carbocycles. The van der Waals surface area contributed by atoms with Gasteiger partial charge < -0.3 is 10.3 Å². The summed E-state index contributed by atoms with van der Waals surface area (Å²) in [5.74, 6) is 6.93. The summed E-state index contributed by atoms with van der Waals surface area (Å²) in [7, 11) is 0. The van der Waals surface area contributed by atoms with E-state index in [9.17, 15) is 0 Å². The Morgan fingerprint density at radius 2 is 2.50 bits per heavy atom. The molecular formula is C12H20N4. The van der Waals surface area contributed by atoms with Gasteiger partial charge >= 0.3 is 0 Å². The zero-order valence-corrected chi connectivity index (χ0v) is 9.82. The summed E-state index contributed by atoms with van der Waals surface area (Å²) in [5, 5.41) is 0. The summed E-state index contributed by atoms with van der Waals surface area (Å²) in [6.45, 7) is 4.57. The second-order valence-electron chi connectivity index (χ2n) is 4.41. The summed E-state index contributed by atoms with van der Waals surface area (Å²) < 4.78 is 0. The fraction of sp³-hybridized carbons (Fsp3) is 0.583. The molecule has 0 spiro atoms. The monoisotopic (exact) mass is 220 g/mol. The molecule has 0 radical (unpaired) electrons. The predicted molar refractivity (Wildman–Crippen MR) is 67.3 cm³/mol. The zero-order chi connectivity index (χ0) is 11.4. The quantitative estimate of drug-likeness (QED) is 0.604. The van der Waals surface area contributed by atoms with E-state index in [1.54, 1.807) is 6.20 Å². The van der Waals surface area contributed by atoms with Gasteiger partial charge in [0.2, 0.25) is 0 Å². The minimum atomic E-state index is 0.733. The molecule has 1 atom stereocenters. The molecule has 0 saturated carbocycles. The number of aromatic nitrogens is 1. The minimum Gasteiger partial charge on any atom is -0.371 e. The Hall–Kier alpha value is -1.29. The highest BCUT2D eigenvalue weighted by atomic mass is 15.3. The largest absolute Gasteiger partial charge is 0.371 e. The number of hydrazine groups is 1. The maximum Gasteiger partial charge on any atom is 0.141 e. The number of hydrogen-bond acceptors (Lipinski definition) is 4. The lowest BCUT2D eigenvalue weighted by Crippen LogP contribution is -2.35. The van der Waals surface area contributed by atoms with Gasteiger partial charge in [-0.3, -0.25) is 0 Å². The Balaban J connectivity index is 2.10. The van der Waals surface area contributed by atoms with Crippen molar-refractivity contribution in [3.05, 3.63) is 18.3 Å². The molecule has 2 rings (SSSR count). The van der Waals surface area contributed by atoms with Crippen LogP contribution in [0.3, 0.4) is 0 Å². The minimum absolute atomic E-state index is 0.733. The molecule has 0 aromatic carbocycles. The number of anilines is 2. The highest BCUT2D eigenvalue weighted by Crippen LogP contribution is 2.25. The van der Waals surface area contributed by atoms with E-state index in [2.05, 4.69) is 28.3 Å². The molecule has 1 fully saturated rings. The number of rotatable bonds is 3. The van der Waals surface area contributed by atoms with Crippen LogP contribution in [0.25, 0.3) is 0 Å². The predicted octanol–water partition coefficient (Wildman–Crippen LogP) is 1.99. The molecule has 1 saturated heterocycles. The summed E-state index contributed by atoms with van der Waals surface area (Å²) in [4.78, 5) is 6.56. The van der Waals surface area contributed by atoms with Crippen molar-refractivity contribution in [3.8, 4) is 0 Å². The first kappa shape index (κ1) is 11.2. The van der Waals surface area contributed by atoms with Crippen LogP contribution >= 0.6 is 0 Å². The van der Waals surface area contributed by atoms with Crippen LogP contribution in [0.2, 0.25) is 0 Å². The van der Waals surface area contributed by atoms with E-state index in [1.165, 1.54) is 24.9 Å². The Kier molecular flexibility index (Phi) is 3.62. The molecule has 88 valence electrons. The average Bonchev–Trinajstić information content (AvgIpc) is 2.39. The van der Waals surface area contributed by atoms with Crippen LogP contribution in [0, 0.1) is 5.92 Å². The molecule has 1 aliphatic heterocycles. The molecule has 0 amide bonds. The summed E-state index contributed by atoms with van der Waals surface area (Å²) in [6, 6.07) is 4.07. The van der Waals surface area contributed by atoms with E-state index in [-0.39, 0.29) is 0 Å². The SMILES string of the molecule is CCC1CCCN(c2ccnc(NN)c2)C1. The number of nitrogen functional groups attached to an aromatic ring is 1. The molecule has 16 heavy (non-hydrogen) atoms. The van der Waals surface area contributed by atoms with Crippen LogP contribution in [-0.4, -0.2) is 18.1 Å². The van der Waals surface area contributed by atoms with E-state index in [4.69, 9.17) is 5.84 Å². The molecule has 3 N–H and O–H groups in total. The van der Waals surface area contributed by atoms with Gasteiger partial charge in [0.05, 0.1) is 0 Å². The highest BCUT2D eigenvalue weighted by molar-refractivity contribution is 5.53. The van der Waals surface area contributed by atoms with Gasteiger partial charge in [0.1, 0.15) is 5.82 Å². The molecule has 4 heteroatoms. The standard InChI is InChI=1S/C12H20N4/c1-2-10-4-3-7-16(9-10)11-5-6-14-12(8-11)15-13/h5-6,8,10H,2-4,7,9,13H2,1H3,(H,14,15). The van der Waals surface area contributed by atoms with E-state index >= 15 is 0 Å². The maximum atomic E-state index is 5.37. The molecule has 4 nitrogen and oxygen atoms in total. The molecule has 2 heterocycles. The van der Waals surface area contributed by atoms with Gasteiger partial charge in [-0.05, 0) is 24.8 Å². The number of nitrogens with one attached hydrogen (secondary N) is 1. The van der Waals surface area contributed by atoms with E-state index in [1.807, 2.05) is 6.07 Å². The van der Waals surface area contributed by atoms with Crippen molar-refractivity contribution in [1.29, 1.82) is 0 Å². The van der Waals surface area contributed by atoms with Crippen molar-refractivity contribution in [2.45, 2.75) is 26.2 Å². The van der Waals surface area contributed by atoms with Crippen molar-refractivity contribution in [3.63, 3.8) is 0 Å². The highest BCUT2D eigenvalue weighted by Gasteiger charge is 2.18. The third-order valence-corrected chi connectivity index (χ3v) is 3.35.